The summed E-state index contributed by atoms with van der Waals surface area (Å²) in [5, 5.41) is 29.2. The molecule has 0 aliphatic carbocycles. The molecule has 2 aliphatic rings. The predicted molar refractivity (Wildman–Crippen MR) is 195 cm³/mol. The van der Waals surface area contributed by atoms with Crippen molar-refractivity contribution in [1.82, 2.24) is 9.80 Å². The molecule has 4 heteroatoms. The molecule has 2 unspecified atom stereocenters. The maximum Gasteiger partial charge on any atom is 0.0998 e. The second-order valence-electron chi connectivity index (χ2n) is 14.2. The predicted octanol–water partition coefficient (Wildman–Crippen LogP) is 10.9. The Hall–Kier alpha value is -5.06. The molecule has 228 valence electrons. The third-order valence-corrected chi connectivity index (χ3v) is 10.3. The molecule has 2 aliphatic heterocycles. The van der Waals surface area contributed by atoms with E-state index in [1.165, 1.54) is 0 Å². The van der Waals surface area contributed by atoms with Crippen LogP contribution in [-0.4, -0.2) is 21.9 Å². The first-order valence-corrected chi connectivity index (χ1v) is 16.3. The van der Waals surface area contributed by atoms with E-state index in [1.807, 2.05) is 12.1 Å². The molecule has 0 bridgehead atoms. The summed E-state index contributed by atoms with van der Waals surface area (Å²) >= 11 is 0. The Balaban J connectivity index is 1.61. The van der Waals surface area contributed by atoms with Crippen molar-refractivity contribution in [1.29, 1.82) is 10.5 Å². The lowest BCUT2D eigenvalue weighted by molar-refractivity contribution is 0.359. The van der Waals surface area contributed by atoms with Crippen molar-refractivity contribution in [3.63, 3.8) is 0 Å². The van der Waals surface area contributed by atoms with Crippen LogP contribution >= 0.6 is 0 Å². The fourth-order valence-electron chi connectivity index (χ4n) is 8.70. The average Bonchev–Trinajstić information content (AvgIpc) is 3.00. The van der Waals surface area contributed by atoms with Gasteiger partial charge in [-0.25, -0.2) is 0 Å². The Kier molecular flexibility index (Phi) is 6.59. The Morgan fingerprint density at radius 1 is 0.522 bits per heavy atom. The Morgan fingerprint density at radius 2 is 0.870 bits per heavy atom. The highest BCUT2D eigenvalue weighted by atomic mass is 15.2. The molecule has 2 atom stereocenters. The van der Waals surface area contributed by atoms with Crippen LogP contribution in [0.25, 0.3) is 65.9 Å². The van der Waals surface area contributed by atoms with Gasteiger partial charge >= 0.3 is 0 Å². The molecule has 0 amide bonds. The van der Waals surface area contributed by atoms with Gasteiger partial charge < -0.3 is 9.80 Å². The monoisotopic (exact) mass is 600 g/mol. The van der Waals surface area contributed by atoms with Gasteiger partial charge in [-0.15, -0.1) is 0 Å². The van der Waals surface area contributed by atoms with Crippen molar-refractivity contribution in [2.45, 2.75) is 66.5 Å². The van der Waals surface area contributed by atoms with Crippen molar-refractivity contribution < 1.29 is 0 Å². The Morgan fingerprint density at radius 3 is 1.20 bits per heavy atom. The molecule has 46 heavy (non-hydrogen) atoms. The summed E-state index contributed by atoms with van der Waals surface area (Å²) < 4.78 is 0. The second kappa shape index (κ2) is 10.2. The summed E-state index contributed by atoms with van der Waals surface area (Å²) in [6.45, 7) is 31.7. The summed E-state index contributed by atoms with van der Waals surface area (Å²) in [5.41, 5.74) is 8.81. The van der Waals surface area contributed by atoms with Crippen LogP contribution in [0.3, 0.4) is 0 Å². The van der Waals surface area contributed by atoms with E-state index in [9.17, 15) is 10.5 Å². The molecule has 0 fully saturated rings. The minimum absolute atomic E-state index is 0.201. The van der Waals surface area contributed by atoms with Gasteiger partial charge in [0.05, 0.1) is 23.3 Å². The van der Waals surface area contributed by atoms with Gasteiger partial charge in [-0.05, 0) is 61.4 Å². The van der Waals surface area contributed by atoms with Crippen LogP contribution < -0.4 is 0 Å². The lowest BCUT2D eigenvalue weighted by atomic mass is 9.78. The SMILES string of the molecule is C=C1c2ccc3c4c(C#N)cc5c6c(ccc(c7c(C#N)cc(c2c37)C(=C)N1C(C)CC(C)C)c64)C(=C)N(C(C)CC(C)C)C5=C. The third kappa shape index (κ3) is 3.83. The van der Waals surface area contributed by atoms with E-state index in [4.69, 9.17) is 0 Å². The lowest BCUT2D eigenvalue weighted by Gasteiger charge is -2.41. The van der Waals surface area contributed by atoms with Gasteiger partial charge in [0, 0.05) is 89.4 Å². The minimum Gasteiger partial charge on any atom is -0.339 e. The molecule has 0 saturated heterocycles. The van der Waals surface area contributed by atoms with Gasteiger partial charge in [-0.2, -0.15) is 10.5 Å². The molecular formula is C42H40N4. The first-order valence-electron chi connectivity index (χ1n) is 16.3. The van der Waals surface area contributed by atoms with E-state index in [1.54, 1.807) is 0 Å². The number of hydrogen-bond acceptors (Lipinski definition) is 4. The van der Waals surface area contributed by atoms with Gasteiger partial charge in [-0.3, -0.25) is 0 Å². The number of hydrogen-bond donors (Lipinski definition) is 0. The van der Waals surface area contributed by atoms with E-state index in [0.29, 0.717) is 23.0 Å². The first-order chi connectivity index (χ1) is 21.9. The molecule has 7 rings (SSSR count). The zero-order valence-corrected chi connectivity index (χ0v) is 27.8. The molecule has 2 heterocycles. The Labute approximate surface area is 272 Å². The molecular weight excluding hydrogens is 560 g/mol. The molecule has 0 spiro atoms. The number of benzene rings is 5. The normalized spacial score (nSPS) is 16.0. The second-order valence-corrected chi connectivity index (χ2v) is 14.2. The quantitative estimate of drug-likeness (QED) is 0.144. The van der Waals surface area contributed by atoms with E-state index in [0.717, 1.165) is 101 Å². The summed E-state index contributed by atoms with van der Waals surface area (Å²) in [5.74, 6) is 1.03. The molecule has 0 aromatic heterocycles. The number of fused-ring (bicyclic) bond motifs is 2. The highest BCUT2D eigenvalue weighted by Gasteiger charge is 2.34. The Bertz CT molecular complexity index is 2140. The third-order valence-electron chi connectivity index (χ3n) is 10.3. The highest BCUT2D eigenvalue weighted by molar-refractivity contribution is 6.38. The smallest absolute Gasteiger partial charge is 0.0998 e. The van der Waals surface area contributed by atoms with E-state index in [-0.39, 0.29) is 12.1 Å². The molecule has 0 saturated carbocycles. The number of nitrogens with zero attached hydrogens (tertiary/aromatic N) is 4. The summed E-state index contributed by atoms with van der Waals surface area (Å²) in [6.07, 6.45) is 1.99. The van der Waals surface area contributed by atoms with E-state index >= 15 is 0 Å². The standard InChI is InChI=1S/C42H40N4/c1-21(2)15-23(5)45-25(7)31-11-13-33-38-30(20-44)18-36-28(10)46(24(6)16-22(3)4)26(8)32-12-14-34(42(38)40(32)36)37-29(19-43)17-35(27(45)9)39(31)41(33)37/h11-14,17-18,21-24H,7-10,15-16H2,1-6H3. The van der Waals surface area contributed by atoms with E-state index < -0.39 is 0 Å². The van der Waals surface area contributed by atoms with Crippen molar-refractivity contribution in [2.75, 3.05) is 0 Å². The molecule has 4 nitrogen and oxygen atoms in total. The van der Waals surface area contributed by atoms with Gasteiger partial charge in [-0.1, -0.05) is 78.3 Å². The van der Waals surface area contributed by atoms with Crippen LogP contribution in [0.4, 0.5) is 0 Å². The van der Waals surface area contributed by atoms with Crippen LogP contribution in [0.15, 0.2) is 62.7 Å². The maximum atomic E-state index is 10.7. The van der Waals surface area contributed by atoms with Gasteiger partial charge in [0.2, 0.25) is 0 Å². The van der Waals surface area contributed by atoms with Crippen molar-refractivity contribution >= 4 is 65.9 Å². The molecule has 0 radical (unpaired) electrons. The largest absolute Gasteiger partial charge is 0.339 e. The zero-order chi connectivity index (χ0) is 32.9. The van der Waals surface area contributed by atoms with Crippen LogP contribution in [-0.2, 0) is 0 Å². The van der Waals surface area contributed by atoms with Crippen LogP contribution in [0.1, 0.15) is 87.8 Å². The van der Waals surface area contributed by atoms with Crippen LogP contribution in [0, 0.1) is 34.5 Å². The zero-order valence-electron chi connectivity index (χ0n) is 27.8. The summed E-state index contributed by atoms with van der Waals surface area (Å²) in [7, 11) is 0. The molecule has 5 aromatic carbocycles. The van der Waals surface area contributed by atoms with Gasteiger partial charge in [0.1, 0.15) is 0 Å². The summed E-state index contributed by atoms with van der Waals surface area (Å²) in [6, 6.07) is 18.1. The van der Waals surface area contributed by atoms with Crippen molar-refractivity contribution in [2.24, 2.45) is 11.8 Å². The number of nitriles is 2. The fraction of sp³-hybridized carbons (Fsp3) is 0.286. The van der Waals surface area contributed by atoms with Gasteiger partial charge in [0.15, 0.2) is 0 Å². The van der Waals surface area contributed by atoms with Crippen LogP contribution in [0.2, 0.25) is 0 Å². The fourth-order valence-corrected chi connectivity index (χ4v) is 8.70. The molecule has 5 aromatic rings. The summed E-state index contributed by atoms with van der Waals surface area (Å²) in [4.78, 5) is 4.49. The lowest BCUT2D eigenvalue weighted by Crippen LogP contribution is -2.33. The first kappa shape index (κ1) is 29.6. The topological polar surface area (TPSA) is 54.1 Å². The van der Waals surface area contributed by atoms with Crippen molar-refractivity contribution in [3.05, 3.63) is 96.1 Å². The maximum absolute atomic E-state index is 10.7. The minimum atomic E-state index is 0.201. The van der Waals surface area contributed by atoms with E-state index in [2.05, 4.69) is 114 Å². The van der Waals surface area contributed by atoms with Crippen LogP contribution in [0.5, 0.6) is 0 Å². The van der Waals surface area contributed by atoms with Crippen molar-refractivity contribution in [3.8, 4) is 12.1 Å². The average molecular weight is 601 g/mol. The highest BCUT2D eigenvalue weighted by Crippen LogP contribution is 2.53. The molecule has 0 N–H and O–H groups in total. The van der Waals surface area contributed by atoms with Gasteiger partial charge in [0.25, 0.3) is 0 Å². The number of rotatable bonds is 6.